The molecule has 2 atom stereocenters. The molecule has 1 saturated heterocycles. The minimum Gasteiger partial charge on any atom is -0.487 e. The molecular weight excluding hydrogens is 298 g/mol. The number of nitrogens with one attached hydrogen (secondary N) is 1. The Kier molecular flexibility index (Phi) is 5.54. The summed E-state index contributed by atoms with van der Waals surface area (Å²) in [6, 6.07) is 5.19. The quantitative estimate of drug-likeness (QED) is 0.642. The van der Waals surface area contributed by atoms with E-state index in [0.29, 0.717) is 19.6 Å². The summed E-state index contributed by atoms with van der Waals surface area (Å²) in [5.74, 6) is 0.448. The first kappa shape index (κ1) is 17.2. The topological polar surface area (TPSA) is 84.7 Å². The predicted molar refractivity (Wildman–Crippen MR) is 86.5 cm³/mol. The third kappa shape index (κ3) is 4.19. The van der Waals surface area contributed by atoms with Crippen LogP contribution in [0.15, 0.2) is 18.2 Å². The average Bonchev–Trinajstić information content (AvgIpc) is 2.51. The van der Waals surface area contributed by atoms with Crippen molar-refractivity contribution < 1.29 is 14.5 Å². The molecule has 0 spiro atoms. The van der Waals surface area contributed by atoms with Gasteiger partial charge in [-0.2, -0.15) is 0 Å². The highest BCUT2D eigenvalue weighted by atomic mass is 16.6. The van der Waals surface area contributed by atoms with Crippen molar-refractivity contribution in [1.82, 2.24) is 10.2 Å². The number of likely N-dealkylation sites (tertiary alicyclic amines) is 1. The van der Waals surface area contributed by atoms with E-state index in [-0.39, 0.29) is 29.4 Å². The summed E-state index contributed by atoms with van der Waals surface area (Å²) < 4.78 is 5.30. The average molecular weight is 321 g/mol. The Morgan fingerprint density at radius 2 is 2.26 bits per heavy atom. The smallest absolute Gasteiger partial charge is 0.311 e. The monoisotopic (exact) mass is 321 g/mol. The first-order chi connectivity index (χ1) is 10.9. The van der Waals surface area contributed by atoms with Crippen LogP contribution in [0.25, 0.3) is 0 Å². The third-order valence-electron chi connectivity index (χ3n) is 4.09. The lowest BCUT2D eigenvalue weighted by Gasteiger charge is -2.32. The molecule has 126 valence electrons. The number of carbonyl (C=O) groups excluding carboxylic acids is 1. The molecule has 1 amide bonds. The molecule has 2 rings (SSSR count). The summed E-state index contributed by atoms with van der Waals surface area (Å²) in [5.41, 5.74) is 0.814. The van der Waals surface area contributed by atoms with Crippen molar-refractivity contribution in [1.29, 1.82) is 0 Å². The maximum absolute atomic E-state index is 11.5. The van der Waals surface area contributed by atoms with Crippen LogP contribution in [0.4, 0.5) is 5.69 Å². The second-order valence-corrected chi connectivity index (χ2v) is 5.82. The number of nitro benzene ring substituents is 1. The molecule has 2 unspecified atom stereocenters. The van der Waals surface area contributed by atoms with Gasteiger partial charge in [-0.3, -0.25) is 14.9 Å². The van der Waals surface area contributed by atoms with Crippen LogP contribution in [0.2, 0.25) is 0 Å². The molecule has 7 heteroatoms. The lowest BCUT2D eigenvalue weighted by molar-refractivity contribution is -0.385. The highest BCUT2D eigenvalue weighted by Gasteiger charge is 2.25. The molecule has 1 N–H and O–H groups in total. The number of nitrogens with zero attached hydrogens (tertiary/aromatic N) is 2. The molecule has 0 aliphatic carbocycles. The standard InChI is InChI=1S/C16H23N3O4/c1-4-23-15-7-5-12(9-14(15)19(21)22)11(2)17-13-6-8-16(20)18(3)10-13/h5,7,9,11,13,17H,4,6,8,10H2,1-3H3. The van der Waals surface area contributed by atoms with Gasteiger partial charge in [0.05, 0.1) is 11.5 Å². The molecule has 0 saturated carbocycles. The molecule has 23 heavy (non-hydrogen) atoms. The first-order valence-electron chi connectivity index (χ1n) is 7.83. The van der Waals surface area contributed by atoms with Gasteiger partial charge in [-0.15, -0.1) is 0 Å². The van der Waals surface area contributed by atoms with Crippen molar-refractivity contribution >= 4 is 11.6 Å². The molecule has 1 heterocycles. The minimum absolute atomic E-state index is 0.0195. The number of amides is 1. The predicted octanol–water partition coefficient (Wildman–Crippen LogP) is 2.26. The zero-order chi connectivity index (χ0) is 17.0. The highest BCUT2D eigenvalue weighted by Crippen LogP contribution is 2.30. The summed E-state index contributed by atoms with van der Waals surface area (Å²) in [5, 5.41) is 14.6. The molecule has 0 aromatic heterocycles. The van der Waals surface area contributed by atoms with Crippen molar-refractivity contribution in [3.05, 3.63) is 33.9 Å². The van der Waals surface area contributed by atoms with Crippen LogP contribution < -0.4 is 10.1 Å². The van der Waals surface area contributed by atoms with Crippen LogP contribution in [0.3, 0.4) is 0 Å². The van der Waals surface area contributed by atoms with Gasteiger partial charge in [0.25, 0.3) is 0 Å². The Labute approximate surface area is 135 Å². The van der Waals surface area contributed by atoms with Crippen molar-refractivity contribution in [3.8, 4) is 5.75 Å². The SMILES string of the molecule is CCOc1ccc(C(C)NC2CCC(=O)N(C)C2)cc1[N+](=O)[O-]. The van der Waals surface area contributed by atoms with Gasteiger partial charge >= 0.3 is 5.69 Å². The minimum atomic E-state index is -0.422. The van der Waals surface area contributed by atoms with Crippen LogP contribution in [0, 0.1) is 10.1 Å². The van der Waals surface area contributed by atoms with E-state index in [1.165, 1.54) is 0 Å². The molecule has 1 aliphatic heterocycles. The number of carbonyl (C=O) groups is 1. The fourth-order valence-corrected chi connectivity index (χ4v) is 2.82. The molecule has 1 aromatic rings. The van der Waals surface area contributed by atoms with Crippen LogP contribution in [0.1, 0.15) is 38.3 Å². The van der Waals surface area contributed by atoms with Crippen LogP contribution in [0.5, 0.6) is 5.75 Å². The van der Waals surface area contributed by atoms with Crippen LogP contribution in [-0.4, -0.2) is 42.0 Å². The van der Waals surface area contributed by atoms with E-state index < -0.39 is 4.92 Å². The van der Waals surface area contributed by atoms with E-state index in [0.717, 1.165) is 12.0 Å². The van der Waals surface area contributed by atoms with E-state index in [4.69, 9.17) is 4.74 Å². The lowest BCUT2D eigenvalue weighted by Crippen LogP contribution is -2.47. The third-order valence-corrected chi connectivity index (χ3v) is 4.09. The van der Waals surface area contributed by atoms with Gasteiger partial charge in [0.15, 0.2) is 5.75 Å². The molecule has 0 radical (unpaired) electrons. The lowest BCUT2D eigenvalue weighted by atomic mass is 10.0. The number of likely N-dealkylation sites (N-methyl/N-ethyl adjacent to an activating group) is 1. The second kappa shape index (κ2) is 7.41. The van der Waals surface area contributed by atoms with Gasteiger partial charge in [0.2, 0.25) is 5.91 Å². The normalized spacial score (nSPS) is 19.5. The summed E-state index contributed by atoms with van der Waals surface area (Å²) in [4.78, 5) is 24.0. The number of hydrogen-bond acceptors (Lipinski definition) is 5. The Balaban J connectivity index is 2.10. The van der Waals surface area contributed by atoms with Crippen molar-refractivity contribution in [2.45, 2.75) is 38.8 Å². The summed E-state index contributed by atoms with van der Waals surface area (Å²) in [7, 11) is 1.79. The Bertz CT molecular complexity index is 591. The Morgan fingerprint density at radius 3 is 2.87 bits per heavy atom. The molecular formula is C16H23N3O4. The number of benzene rings is 1. The van der Waals surface area contributed by atoms with Crippen molar-refractivity contribution in [3.63, 3.8) is 0 Å². The van der Waals surface area contributed by atoms with Gasteiger partial charge in [-0.1, -0.05) is 6.07 Å². The maximum Gasteiger partial charge on any atom is 0.311 e. The fraction of sp³-hybridized carbons (Fsp3) is 0.562. The molecule has 0 bridgehead atoms. The number of hydrogen-bond donors (Lipinski definition) is 1. The zero-order valence-corrected chi connectivity index (χ0v) is 13.7. The zero-order valence-electron chi connectivity index (χ0n) is 13.7. The molecule has 1 fully saturated rings. The summed E-state index contributed by atoms with van der Waals surface area (Å²) in [6.45, 7) is 4.80. The van der Waals surface area contributed by atoms with Crippen molar-refractivity contribution in [2.24, 2.45) is 0 Å². The van der Waals surface area contributed by atoms with Gasteiger partial charge in [-0.05, 0) is 31.9 Å². The van der Waals surface area contributed by atoms with Gasteiger partial charge in [0, 0.05) is 38.2 Å². The van der Waals surface area contributed by atoms with Crippen LogP contribution in [-0.2, 0) is 4.79 Å². The number of ether oxygens (including phenoxy) is 1. The first-order valence-corrected chi connectivity index (χ1v) is 7.83. The molecule has 1 aromatic carbocycles. The maximum atomic E-state index is 11.5. The second-order valence-electron chi connectivity index (χ2n) is 5.82. The van der Waals surface area contributed by atoms with E-state index >= 15 is 0 Å². The van der Waals surface area contributed by atoms with E-state index in [1.54, 1.807) is 31.0 Å². The number of piperidine rings is 1. The Morgan fingerprint density at radius 1 is 1.52 bits per heavy atom. The van der Waals surface area contributed by atoms with E-state index in [1.807, 2.05) is 13.0 Å². The number of rotatable bonds is 6. The largest absolute Gasteiger partial charge is 0.487 e. The highest BCUT2D eigenvalue weighted by molar-refractivity contribution is 5.76. The van der Waals surface area contributed by atoms with Gasteiger partial charge in [-0.25, -0.2) is 0 Å². The summed E-state index contributed by atoms with van der Waals surface area (Å²) in [6.07, 6.45) is 1.32. The van der Waals surface area contributed by atoms with E-state index in [2.05, 4.69) is 5.32 Å². The van der Waals surface area contributed by atoms with Gasteiger partial charge in [0.1, 0.15) is 0 Å². The Hall–Kier alpha value is -2.15. The fourth-order valence-electron chi connectivity index (χ4n) is 2.82. The van der Waals surface area contributed by atoms with Gasteiger partial charge < -0.3 is 15.0 Å². The number of nitro groups is 1. The van der Waals surface area contributed by atoms with E-state index in [9.17, 15) is 14.9 Å². The molecule has 7 nitrogen and oxygen atoms in total. The van der Waals surface area contributed by atoms with Crippen molar-refractivity contribution in [2.75, 3.05) is 20.2 Å². The summed E-state index contributed by atoms with van der Waals surface area (Å²) >= 11 is 0. The molecule has 1 aliphatic rings. The van der Waals surface area contributed by atoms with Crippen LogP contribution >= 0.6 is 0 Å².